The molecule has 0 unspecified atom stereocenters. The number of rotatable bonds is 5. The lowest BCUT2D eigenvalue weighted by Gasteiger charge is -2.27. The Labute approximate surface area is 197 Å². The molecule has 0 saturated carbocycles. The van der Waals surface area contributed by atoms with Crippen molar-refractivity contribution in [2.24, 2.45) is 0 Å². The van der Waals surface area contributed by atoms with Gasteiger partial charge in [0.2, 0.25) is 21.9 Å². The molecule has 0 aliphatic carbocycles. The monoisotopic (exact) mass is 497 g/mol. The van der Waals surface area contributed by atoms with Crippen molar-refractivity contribution >= 4 is 44.2 Å². The van der Waals surface area contributed by atoms with Crippen LogP contribution in [0.4, 0.5) is 16.0 Å². The molecule has 1 saturated heterocycles. The van der Waals surface area contributed by atoms with Gasteiger partial charge < -0.3 is 14.4 Å². The van der Waals surface area contributed by atoms with Crippen molar-refractivity contribution in [3.05, 3.63) is 35.2 Å². The number of methoxy groups -OCH3 is 1. The van der Waals surface area contributed by atoms with Gasteiger partial charge in [0.15, 0.2) is 0 Å². The van der Waals surface area contributed by atoms with Gasteiger partial charge in [-0.1, -0.05) is 25.4 Å². The first kappa shape index (κ1) is 24.9. The first-order chi connectivity index (χ1) is 15.7. The predicted molar refractivity (Wildman–Crippen MR) is 127 cm³/mol. The van der Waals surface area contributed by atoms with E-state index in [-0.39, 0.29) is 16.6 Å². The second kappa shape index (κ2) is 10.4. The van der Waals surface area contributed by atoms with Crippen molar-refractivity contribution < 1.29 is 22.3 Å². The molecule has 0 bridgehead atoms. The molecule has 0 spiro atoms. The van der Waals surface area contributed by atoms with Gasteiger partial charge in [-0.3, -0.25) is 4.72 Å². The van der Waals surface area contributed by atoms with Crippen molar-refractivity contribution in [3.8, 4) is 17.1 Å². The Morgan fingerprint density at radius 1 is 1.18 bits per heavy atom. The van der Waals surface area contributed by atoms with Crippen molar-refractivity contribution in [3.63, 3.8) is 0 Å². The highest BCUT2D eigenvalue weighted by atomic mass is 35.5. The summed E-state index contributed by atoms with van der Waals surface area (Å²) in [6, 6.07) is 4.00. The summed E-state index contributed by atoms with van der Waals surface area (Å²) >= 11 is 6.30. The number of ether oxygens (including phenoxy) is 2. The maximum Gasteiger partial charge on any atom is 0.238 e. The van der Waals surface area contributed by atoms with Gasteiger partial charge in [0.25, 0.3) is 0 Å². The van der Waals surface area contributed by atoms with Crippen molar-refractivity contribution in [2.45, 2.75) is 13.8 Å². The third-order valence-corrected chi connectivity index (χ3v) is 5.49. The maximum absolute atomic E-state index is 14.2. The summed E-state index contributed by atoms with van der Waals surface area (Å²) in [6.45, 7) is 6.23. The molecule has 3 heterocycles. The summed E-state index contributed by atoms with van der Waals surface area (Å²) in [7, 11) is -2.22. The lowest BCUT2D eigenvalue weighted by molar-refractivity contribution is 0.122. The molecule has 4 rings (SSSR count). The third-order valence-electron chi connectivity index (χ3n) is 4.61. The van der Waals surface area contributed by atoms with Crippen LogP contribution in [0, 0.1) is 5.82 Å². The Morgan fingerprint density at radius 3 is 2.52 bits per heavy atom. The lowest BCUT2D eigenvalue weighted by atomic mass is 10.1. The number of anilines is 2. The van der Waals surface area contributed by atoms with E-state index in [1.807, 2.05) is 18.7 Å². The number of halogens is 2. The average molecular weight is 498 g/mol. The molecule has 178 valence electrons. The van der Waals surface area contributed by atoms with Gasteiger partial charge >= 0.3 is 0 Å². The number of nitrogens with one attached hydrogen (secondary N) is 1. The molecule has 1 N–H and O–H groups in total. The number of nitrogens with zero attached hydrogens (tertiary/aromatic N) is 4. The highest BCUT2D eigenvalue weighted by Gasteiger charge is 2.21. The van der Waals surface area contributed by atoms with Gasteiger partial charge in [0.1, 0.15) is 11.5 Å². The molecule has 1 aromatic carbocycles. The zero-order valence-electron chi connectivity index (χ0n) is 18.7. The van der Waals surface area contributed by atoms with Crippen LogP contribution in [0.3, 0.4) is 0 Å². The van der Waals surface area contributed by atoms with E-state index in [1.165, 1.54) is 31.5 Å². The molecule has 0 radical (unpaired) electrons. The van der Waals surface area contributed by atoms with Crippen molar-refractivity contribution in [1.29, 1.82) is 0 Å². The fourth-order valence-electron chi connectivity index (χ4n) is 3.29. The van der Waals surface area contributed by atoms with E-state index in [4.69, 9.17) is 21.1 Å². The topological polar surface area (TPSA) is 107 Å². The maximum atomic E-state index is 14.2. The number of hydrogen-bond acceptors (Lipinski definition) is 8. The zero-order valence-corrected chi connectivity index (χ0v) is 20.3. The van der Waals surface area contributed by atoms with Crippen LogP contribution in [0.2, 0.25) is 5.02 Å². The molecule has 33 heavy (non-hydrogen) atoms. The normalized spacial score (nSPS) is 13.9. The Kier molecular flexibility index (Phi) is 7.88. The second-order valence-corrected chi connectivity index (χ2v) is 9.07. The number of morpholine rings is 1. The number of benzene rings is 1. The fourth-order valence-corrected chi connectivity index (χ4v) is 4.08. The number of hydrogen-bond donors (Lipinski definition) is 1. The van der Waals surface area contributed by atoms with Crippen molar-refractivity contribution in [2.75, 3.05) is 49.3 Å². The predicted octanol–water partition coefficient (Wildman–Crippen LogP) is 3.73. The highest BCUT2D eigenvalue weighted by Crippen LogP contribution is 2.35. The van der Waals surface area contributed by atoms with Crippen LogP contribution < -0.4 is 14.4 Å². The zero-order chi connectivity index (χ0) is 24.2. The first-order valence-corrected chi connectivity index (χ1v) is 12.5. The third kappa shape index (κ3) is 5.79. The summed E-state index contributed by atoms with van der Waals surface area (Å²) in [5.41, 5.74) is 1.31. The van der Waals surface area contributed by atoms with Gasteiger partial charge in [-0.25, -0.2) is 27.8 Å². The van der Waals surface area contributed by atoms with Crippen LogP contribution in [0.25, 0.3) is 22.2 Å². The van der Waals surface area contributed by atoms with E-state index in [2.05, 4.69) is 19.7 Å². The fraction of sp³-hybridized carbons (Fsp3) is 0.381. The Balaban J connectivity index is 0.00000149. The van der Waals surface area contributed by atoms with E-state index in [0.717, 1.165) is 6.26 Å². The molecule has 1 fully saturated rings. The summed E-state index contributed by atoms with van der Waals surface area (Å²) in [4.78, 5) is 15.3. The molecule has 3 aromatic rings. The second-order valence-electron chi connectivity index (χ2n) is 6.91. The van der Waals surface area contributed by atoms with Gasteiger partial charge in [0.05, 0.1) is 42.8 Å². The summed E-state index contributed by atoms with van der Waals surface area (Å²) in [5, 5.41) is 0.517. The largest absolute Gasteiger partial charge is 0.480 e. The van der Waals surface area contributed by atoms with Crippen LogP contribution in [0.5, 0.6) is 5.88 Å². The number of aromatic nitrogens is 3. The molecule has 0 amide bonds. The summed E-state index contributed by atoms with van der Waals surface area (Å²) in [6.07, 6.45) is 2.49. The standard InChI is InChI=1S/C19H19ClFN5O4S.C2H6/c1-29-18-15(25-31(2,27)28)7-11(10-22-18)16-13-8-12(21)9-14(20)17(13)24-19(23-16)26-3-5-30-6-4-26;1-2/h7-10,25H,3-6H2,1-2H3;1-2H3. The number of sulfonamides is 1. The minimum atomic E-state index is -3.60. The van der Waals surface area contributed by atoms with Crippen LogP contribution in [0.1, 0.15) is 13.8 Å². The Morgan fingerprint density at radius 2 is 1.88 bits per heavy atom. The average Bonchev–Trinajstić information content (AvgIpc) is 2.79. The summed E-state index contributed by atoms with van der Waals surface area (Å²) in [5.74, 6) is -0.0460. The Bertz CT molecular complexity index is 1250. The lowest BCUT2D eigenvalue weighted by Crippen LogP contribution is -2.37. The van der Waals surface area contributed by atoms with E-state index in [0.29, 0.717) is 54.4 Å². The minimum Gasteiger partial charge on any atom is -0.480 e. The quantitative estimate of drug-likeness (QED) is 0.568. The number of pyridine rings is 1. The molecule has 1 aliphatic heterocycles. The van der Waals surface area contributed by atoms with Gasteiger partial charge in [-0.05, 0) is 18.2 Å². The van der Waals surface area contributed by atoms with E-state index in [1.54, 1.807) is 0 Å². The SMILES string of the molecule is CC.COc1ncc(-c2nc(N3CCOCC3)nc3c(Cl)cc(F)cc23)cc1NS(C)(=O)=O. The van der Waals surface area contributed by atoms with Crippen molar-refractivity contribution in [1.82, 2.24) is 15.0 Å². The van der Waals surface area contributed by atoms with Gasteiger partial charge in [-0.15, -0.1) is 0 Å². The van der Waals surface area contributed by atoms with Crippen LogP contribution in [0.15, 0.2) is 24.4 Å². The van der Waals surface area contributed by atoms with Crippen LogP contribution in [-0.4, -0.2) is 63.0 Å². The summed E-state index contributed by atoms with van der Waals surface area (Å²) < 4.78 is 50.6. The van der Waals surface area contributed by atoms with E-state index >= 15 is 0 Å². The molecule has 12 heteroatoms. The molecular weight excluding hydrogens is 473 g/mol. The van der Waals surface area contributed by atoms with Gasteiger partial charge in [0, 0.05) is 30.2 Å². The van der Waals surface area contributed by atoms with Crippen LogP contribution in [-0.2, 0) is 14.8 Å². The first-order valence-electron chi connectivity index (χ1n) is 10.3. The molecular formula is C21H25ClFN5O4S. The smallest absolute Gasteiger partial charge is 0.238 e. The molecule has 9 nitrogen and oxygen atoms in total. The molecule has 2 aromatic heterocycles. The highest BCUT2D eigenvalue weighted by molar-refractivity contribution is 7.92. The van der Waals surface area contributed by atoms with E-state index in [9.17, 15) is 12.8 Å². The van der Waals surface area contributed by atoms with E-state index < -0.39 is 15.8 Å². The molecule has 0 atom stereocenters. The Hall–Kier alpha value is -2.76. The van der Waals surface area contributed by atoms with Crippen LogP contribution >= 0.6 is 11.6 Å². The van der Waals surface area contributed by atoms with Gasteiger partial charge in [-0.2, -0.15) is 0 Å². The molecule has 1 aliphatic rings. The number of fused-ring (bicyclic) bond motifs is 1. The minimum absolute atomic E-state index is 0.0881.